The molecule has 3 nitrogen and oxygen atoms in total. The lowest BCUT2D eigenvalue weighted by Gasteiger charge is -2.16. The number of ether oxygens (including phenoxy) is 2. The molecule has 3 heteroatoms. The van der Waals surface area contributed by atoms with Crippen LogP contribution in [0.15, 0.2) is 11.1 Å². The number of epoxide rings is 1. The van der Waals surface area contributed by atoms with Crippen molar-refractivity contribution in [1.82, 2.24) is 0 Å². The molecule has 0 N–H and O–H groups in total. The highest BCUT2D eigenvalue weighted by Crippen LogP contribution is 2.47. The van der Waals surface area contributed by atoms with Crippen molar-refractivity contribution in [3.05, 3.63) is 11.1 Å². The van der Waals surface area contributed by atoms with Crippen molar-refractivity contribution in [2.75, 3.05) is 13.7 Å². The average Bonchev–Trinajstić information content (AvgIpc) is 2.79. The van der Waals surface area contributed by atoms with Gasteiger partial charge in [0.1, 0.15) is 11.7 Å². The van der Waals surface area contributed by atoms with E-state index in [1.807, 2.05) is 13.8 Å². The van der Waals surface area contributed by atoms with Crippen LogP contribution in [0.3, 0.4) is 0 Å². The molecular weight excluding hydrogens is 180 g/mol. The van der Waals surface area contributed by atoms with E-state index in [1.165, 1.54) is 0 Å². The van der Waals surface area contributed by atoms with E-state index in [1.54, 1.807) is 7.11 Å². The van der Waals surface area contributed by atoms with Crippen LogP contribution in [0.4, 0.5) is 0 Å². The fourth-order valence-electron chi connectivity index (χ4n) is 2.14. The number of methoxy groups -OCH3 is 1. The van der Waals surface area contributed by atoms with Gasteiger partial charge in [0.15, 0.2) is 5.78 Å². The number of hydrogen-bond acceptors (Lipinski definition) is 3. The van der Waals surface area contributed by atoms with Crippen molar-refractivity contribution in [1.29, 1.82) is 0 Å². The predicted octanol–water partition coefficient (Wildman–Crippen LogP) is 1.47. The molecule has 78 valence electrons. The van der Waals surface area contributed by atoms with E-state index in [9.17, 15) is 4.79 Å². The minimum absolute atomic E-state index is 0.145. The molecule has 1 saturated heterocycles. The van der Waals surface area contributed by atoms with Gasteiger partial charge in [0, 0.05) is 7.11 Å². The van der Waals surface area contributed by atoms with E-state index < -0.39 is 0 Å². The summed E-state index contributed by atoms with van der Waals surface area (Å²) < 4.78 is 10.4. The minimum Gasteiger partial charge on any atom is -0.380 e. The summed E-state index contributed by atoms with van der Waals surface area (Å²) in [7, 11) is 1.65. The Morgan fingerprint density at radius 3 is 3.07 bits per heavy atom. The van der Waals surface area contributed by atoms with Crippen LogP contribution in [-0.4, -0.2) is 31.2 Å². The number of fused-ring (bicyclic) bond motifs is 1. The first-order valence-corrected chi connectivity index (χ1v) is 4.98. The Labute approximate surface area is 84.1 Å². The van der Waals surface area contributed by atoms with Crippen molar-refractivity contribution < 1.29 is 14.3 Å². The van der Waals surface area contributed by atoms with E-state index in [0.717, 1.165) is 24.0 Å². The van der Waals surface area contributed by atoms with Crippen molar-refractivity contribution >= 4 is 5.78 Å². The van der Waals surface area contributed by atoms with Crippen molar-refractivity contribution in [3.8, 4) is 0 Å². The molecule has 0 radical (unpaired) electrons. The van der Waals surface area contributed by atoms with E-state index >= 15 is 0 Å². The molecule has 0 aromatic rings. The molecule has 1 saturated carbocycles. The lowest BCUT2D eigenvalue weighted by Crippen LogP contribution is -2.26. The van der Waals surface area contributed by atoms with Gasteiger partial charge in [-0.25, -0.2) is 0 Å². The van der Waals surface area contributed by atoms with Gasteiger partial charge in [0.05, 0.1) is 6.61 Å². The lowest BCUT2D eigenvalue weighted by atomic mass is 9.84. The summed E-state index contributed by atoms with van der Waals surface area (Å²) in [5.74, 6) is 0.174. The second kappa shape index (κ2) is 3.17. The van der Waals surface area contributed by atoms with Gasteiger partial charge in [-0.2, -0.15) is 0 Å². The third-order valence-corrected chi connectivity index (χ3v) is 3.17. The maximum absolute atomic E-state index is 11.9. The summed E-state index contributed by atoms with van der Waals surface area (Å²) in [5, 5.41) is 0. The Bertz CT molecular complexity index is 306. The molecule has 2 unspecified atom stereocenters. The first kappa shape index (κ1) is 9.87. The van der Waals surface area contributed by atoms with Crippen LogP contribution in [0, 0.1) is 0 Å². The van der Waals surface area contributed by atoms with Gasteiger partial charge in [-0.1, -0.05) is 0 Å². The first-order chi connectivity index (χ1) is 6.58. The van der Waals surface area contributed by atoms with Gasteiger partial charge in [0.2, 0.25) is 0 Å². The number of rotatable bonds is 2. The third kappa shape index (κ3) is 1.41. The highest BCUT2D eigenvalue weighted by molar-refractivity contribution is 6.03. The maximum Gasteiger partial charge on any atom is 0.190 e. The van der Waals surface area contributed by atoms with Crippen LogP contribution in [-0.2, 0) is 14.3 Å². The molecule has 0 aromatic carbocycles. The van der Waals surface area contributed by atoms with Gasteiger partial charge in [-0.15, -0.1) is 0 Å². The molecule has 1 heterocycles. The molecule has 2 rings (SSSR count). The molecular formula is C11H16O3. The Balaban J connectivity index is 2.16. The molecule has 0 amide bonds. The van der Waals surface area contributed by atoms with Gasteiger partial charge in [-0.3, -0.25) is 4.79 Å². The summed E-state index contributed by atoms with van der Waals surface area (Å²) in [4.78, 5) is 11.9. The van der Waals surface area contributed by atoms with Crippen LogP contribution in [0.5, 0.6) is 0 Å². The molecule has 0 spiro atoms. The van der Waals surface area contributed by atoms with Crippen molar-refractivity contribution in [2.24, 2.45) is 0 Å². The smallest absolute Gasteiger partial charge is 0.190 e. The van der Waals surface area contributed by atoms with Gasteiger partial charge in [0.25, 0.3) is 0 Å². The number of carbonyl (C=O) groups excluding carboxylic acids is 1. The zero-order chi connectivity index (χ0) is 10.3. The zero-order valence-corrected chi connectivity index (χ0v) is 8.92. The molecule has 2 aliphatic rings. The standard InChI is InChI=1S/C11H16O3/c1-7(6-13-3)8-4-5-11(2)10(14-11)9(8)12/h10H,4-6H2,1-3H3. The largest absolute Gasteiger partial charge is 0.380 e. The second-order valence-corrected chi connectivity index (χ2v) is 4.37. The van der Waals surface area contributed by atoms with E-state index in [-0.39, 0.29) is 17.5 Å². The molecule has 0 bridgehead atoms. The monoisotopic (exact) mass is 196 g/mol. The number of ketones is 1. The molecule has 2 fully saturated rings. The Morgan fingerprint density at radius 1 is 1.71 bits per heavy atom. The SMILES string of the molecule is COCC(C)=C1CCC2(C)OC2C1=O. The normalized spacial score (nSPS) is 39.4. The molecule has 0 aromatic heterocycles. The van der Waals surface area contributed by atoms with Crippen molar-refractivity contribution in [3.63, 3.8) is 0 Å². The van der Waals surface area contributed by atoms with Crippen LogP contribution in [0.25, 0.3) is 0 Å². The van der Waals surface area contributed by atoms with Crippen LogP contribution >= 0.6 is 0 Å². The summed E-state index contributed by atoms with van der Waals surface area (Å²) in [6.07, 6.45) is 1.62. The van der Waals surface area contributed by atoms with E-state index in [2.05, 4.69) is 0 Å². The fraction of sp³-hybridized carbons (Fsp3) is 0.727. The van der Waals surface area contributed by atoms with Crippen LogP contribution in [0.2, 0.25) is 0 Å². The molecule has 1 aliphatic heterocycles. The predicted molar refractivity (Wildman–Crippen MR) is 52.1 cm³/mol. The molecule has 14 heavy (non-hydrogen) atoms. The fourth-order valence-corrected chi connectivity index (χ4v) is 2.14. The molecule has 1 aliphatic carbocycles. The quantitative estimate of drug-likeness (QED) is 0.496. The summed E-state index contributed by atoms with van der Waals surface area (Å²) in [5.41, 5.74) is 1.83. The molecule has 2 atom stereocenters. The van der Waals surface area contributed by atoms with Gasteiger partial charge >= 0.3 is 0 Å². The average molecular weight is 196 g/mol. The highest BCUT2D eigenvalue weighted by Gasteiger charge is 2.59. The second-order valence-electron chi connectivity index (χ2n) is 4.37. The van der Waals surface area contributed by atoms with E-state index in [4.69, 9.17) is 9.47 Å². The van der Waals surface area contributed by atoms with E-state index in [0.29, 0.717) is 6.61 Å². The van der Waals surface area contributed by atoms with Gasteiger partial charge in [-0.05, 0) is 37.8 Å². The Kier molecular flexibility index (Phi) is 2.24. The Hall–Kier alpha value is -0.670. The van der Waals surface area contributed by atoms with Crippen LogP contribution < -0.4 is 0 Å². The Morgan fingerprint density at radius 2 is 2.43 bits per heavy atom. The third-order valence-electron chi connectivity index (χ3n) is 3.17. The maximum atomic E-state index is 11.9. The minimum atomic E-state index is -0.168. The lowest BCUT2D eigenvalue weighted by molar-refractivity contribution is -0.117. The highest BCUT2D eigenvalue weighted by atomic mass is 16.6. The van der Waals surface area contributed by atoms with Crippen LogP contribution in [0.1, 0.15) is 26.7 Å². The number of hydrogen-bond donors (Lipinski definition) is 0. The number of Topliss-reactive ketones (excluding diaryl/α,β-unsaturated/α-hetero) is 1. The summed E-state index contributed by atoms with van der Waals surface area (Å²) >= 11 is 0. The topological polar surface area (TPSA) is 38.8 Å². The van der Waals surface area contributed by atoms with Crippen molar-refractivity contribution in [2.45, 2.75) is 38.4 Å². The summed E-state index contributed by atoms with van der Waals surface area (Å²) in [6, 6.07) is 0. The first-order valence-electron chi connectivity index (χ1n) is 4.98. The van der Waals surface area contributed by atoms with Gasteiger partial charge < -0.3 is 9.47 Å². The number of carbonyl (C=O) groups is 1. The summed E-state index contributed by atoms with van der Waals surface area (Å²) in [6.45, 7) is 4.52. The zero-order valence-electron chi connectivity index (χ0n) is 8.92.